The van der Waals surface area contributed by atoms with E-state index in [2.05, 4.69) is 5.32 Å². The fourth-order valence-electron chi connectivity index (χ4n) is 3.31. The highest BCUT2D eigenvalue weighted by Gasteiger charge is 2.25. The third-order valence-corrected chi connectivity index (χ3v) is 4.85. The van der Waals surface area contributed by atoms with E-state index in [0.29, 0.717) is 24.9 Å². The molecule has 5 nitrogen and oxygen atoms in total. The van der Waals surface area contributed by atoms with Crippen LogP contribution in [-0.2, 0) is 11.2 Å². The van der Waals surface area contributed by atoms with Crippen LogP contribution in [0.25, 0.3) is 0 Å². The first-order valence-corrected chi connectivity index (χ1v) is 8.74. The standard InChI is InChI=1S/C19H28N2O3/c1-20-19(24)15-8-5-6-14(12-15)10-11-18(23)21(2)13-16-7-3-4-9-17(16)22/h5-6,8,12,16-17,22H,3-4,7,9-11,13H2,1-2H3,(H,20,24). The van der Waals surface area contributed by atoms with Gasteiger partial charge in [0.15, 0.2) is 0 Å². The predicted octanol–water partition coefficient (Wildman–Crippen LogP) is 1.99. The average Bonchev–Trinajstić information content (AvgIpc) is 2.61. The molecule has 0 spiro atoms. The second kappa shape index (κ2) is 8.83. The number of hydrogen-bond acceptors (Lipinski definition) is 3. The molecule has 0 radical (unpaired) electrons. The molecule has 1 aliphatic carbocycles. The largest absolute Gasteiger partial charge is 0.393 e. The molecule has 1 aromatic rings. The minimum atomic E-state index is -0.279. The van der Waals surface area contributed by atoms with Gasteiger partial charge in [0.1, 0.15) is 0 Å². The molecular formula is C19H28N2O3. The zero-order chi connectivity index (χ0) is 17.5. The van der Waals surface area contributed by atoms with Crippen LogP contribution >= 0.6 is 0 Å². The van der Waals surface area contributed by atoms with Gasteiger partial charge >= 0.3 is 0 Å². The topological polar surface area (TPSA) is 69.6 Å². The SMILES string of the molecule is CNC(=O)c1cccc(CCC(=O)N(C)CC2CCCCC2O)c1. The van der Waals surface area contributed by atoms with Crippen molar-refractivity contribution >= 4 is 11.8 Å². The van der Waals surface area contributed by atoms with E-state index in [-0.39, 0.29) is 23.8 Å². The van der Waals surface area contributed by atoms with Crippen LogP contribution in [-0.4, -0.2) is 48.6 Å². The van der Waals surface area contributed by atoms with E-state index in [4.69, 9.17) is 0 Å². The molecule has 0 bridgehead atoms. The van der Waals surface area contributed by atoms with Gasteiger partial charge in [-0.1, -0.05) is 25.0 Å². The highest BCUT2D eigenvalue weighted by molar-refractivity contribution is 5.94. The Morgan fingerprint density at radius 1 is 1.29 bits per heavy atom. The normalized spacial score (nSPS) is 20.5. The number of rotatable bonds is 6. The molecule has 0 aromatic heterocycles. The third kappa shape index (κ3) is 5.06. The molecule has 2 rings (SSSR count). The second-order valence-electron chi connectivity index (χ2n) is 6.67. The number of nitrogens with zero attached hydrogens (tertiary/aromatic N) is 1. The number of carbonyl (C=O) groups is 2. The van der Waals surface area contributed by atoms with E-state index in [0.717, 1.165) is 31.2 Å². The van der Waals surface area contributed by atoms with E-state index in [1.165, 1.54) is 0 Å². The lowest BCUT2D eigenvalue weighted by Crippen LogP contribution is -2.38. The number of aliphatic hydroxyl groups is 1. The van der Waals surface area contributed by atoms with Crippen LogP contribution in [0.5, 0.6) is 0 Å². The molecule has 0 heterocycles. The van der Waals surface area contributed by atoms with Crippen molar-refractivity contribution in [1.82, 2.24) is 10.2 Å². The Labute approximate surface area is 144 Å². The first kappa shape index (κ1) is 18.5. The van der Waals surface area contributed by atoms with Gasteiger partial charge in [0.05, 0.1) is 6.10 Å². The third-order valence-electron chi connectivity index (χ3n) is 4.85. The first-order valence-electron chi connectivity index (χ1n) is 8.74. The molecule has 0 aliphatic heterocycles. The summed E-state index contributed by atoms with van der Waals surface area (Å²) in [6.45, 7) is 0.623. The Morgan fingerprint density at radius 3 is 2.75 bits per heavy atom. The lowest BCUT2D eigenvalue weighted by molar-refractivity contribution is -0.131. The Balaban J connectivity index is 1.84. The lowest BCUT2D eigenvalue weighted by Gasteiger charge is -2.31. The fraction of sp³-hybridized carbons (Fsp3) is 0.579. The Morgan fingerprint density at radius 2 is 2.04 bits per heavy atom. The minimum absolute atomic E-state index is 0.0816. The smallest absolute Gasteiger partial charge is 0.251 e. The fourth-order valence-corrected chi connectivity index (χ4v) is 3.31. The number of nitrogens with one attached hydrogen (secondary N) is 1. The maximum atomic E-state index is 12.3. The summed E-state index contributed by atoms with van der Waals surface area (Å²) >= 11 is 0. The van der Waals surface area contributed by atoms with E-state index in [1.807, 2.05) is 25.2 Å². The predicted molar refractivity (Wildman–Crippen MR) is 93.8 cm³/mol. The molecule has 0 saturated heterocycles. The summed E-state index contributed by atoms with van der Waals surface area (Å²) in [7, 11) is 3.41. The summed E-state index contributed by atoms with van der Waals surface area (Å²) in [6, 6.07) is 7.37. The van der Waals surface area contributed by atoms with Gasteiger partial charge < -0.3 is 15.3 Å². The molecule has 2 amide bonds. The number of amides is 2. The summed E-state index contributed by atoms with van der Waals surface area (Å²) in [5.41, 5.74) is 1.59. The second-order valence-corrected chi connectivity index (χ2v) is 6.67. The van der Waals surface area contributed by atoms with E-state index < -0.39 is 0 Å². The summed E-state index contributed by atoms with van der Waals surface area (Å²) in [4.78, 5) is 25.7. The van der Waals surface area contributed by atoms with Crippen molar-refractivity contribution in [3.8, 4) is 0 Å². The monoisotopic (exact) mass is 332 g/mol. The number of hydrogen-bond donors (Lipinski definition) is 2. The van der Waals surface area contributed by atoms with Crippen molar-refractivity contribution in [2.24, 2.45) is 5.92 Å². The van der Waals surface area contributed by atoms with Crippen LogP contribution in [0.3, 0.4) is 0 Å². The molecular weight excluding hydrogens is 304 g/mol. The zero-order valence-electron chi connectivity index (χ0n) is 14.6. The molecule has 2 atom stereocenters. The van der Waals surface area contributed by atoms with Gasteiger partial charge in [-0.05, 0) is 37.0 Å². The van der Waals surface area contributed by atoms with Gasteiger partial charge in [0.2, 0.25) is 5.91 Å². The van der Waals surface area contributed by atoms with Crippen molar-refractivity contribution < 1.29 is 14.7 Å². The van der Waals surface area contributed by atoms with Crippen molar-refractivity contribution in [3.63, 3.8) is 0 Å². The lowest BCUT2D eigenvalue weighted by atomic mass is 9.86. The average molecular weight is 332 g/mol. The van der Waals surface area contributed by atoms with Crippen LogP contribution in [0.2, 0.25) is 0 Å². The highest BCUT2D eigenvalue weighted by Crippen LogP contribution is 2.25. The van der Waals surface area contributed by atoms with Gasteiger partial charge in [0, 0.05) is 38.5 Å². The van der Waals surface area contributed by atoms with Gasteiger partial charge in [-0.25, -0.2) is 0 Å². The molecule has 1 fully saturated rings. The summed E-state index contributed by atoms with van der Waals surface area (Å²) < 4.78 is 0. The highest BCUT2D eigenvalue weighted by atomic mass is 16.3. The number of benzene rings is 1. The van der Waals surface area contributed by atoms with E-state index >= 15 is 0 Å². The van der Waals surface area contributed by atoms with Crippen molar-refractivity contribution in [3.05, 3.63) is 35.4 Å². The van der Waals surface area contributed by atoms with Crippen LogP contribution in [0.1, 0.15) is 48.0 Å². The maximum absolute atomic E-state index is 12.3. The Hall–Kier alpha value is -1.88. The van der Waals surface area contributed by atoms with Gasteiger partial charge in [0.25, 0.3) is 5.91 Å². The van der Waals surface area contributed by atoms with Gasteiger partial charge in [-0.2, -0.15) is 0 Å². The molecule has 2 unspecified atom stereocenters. The number of aliphatic hydroxyl groups excluding tert-OH is 1. The molecule has 24 heavy (non-hydrogen) atoms. The Bertz CT molecular complexity index is 573. The Kier molecular flexibility index (Phi) is 6.79. The van der Waals surface area contributed by atoms with E-state index in [9.17, 15) is 14.7 Å². The van der Waals surface area contributed by atoms with Gasteiger partial charge in [-0.15, -0.1) is 0 Å². The molecule has 2 N–H and O–H groups in total. The van der Waals surface area contributed by atoms with Crippen molar-refractivity contribution in [2.75, 3.05) is 20.6 Å². The minimum Gasteiger partial charge on any atom is -0.393 e. The molecule has 132 valence electrons. The molecule has 1 aromatic carbocycles. The van der Waals surface area contributed by atoms with E-state index in [1.54, 1.807) is 18.0 Å². The first-order chi connectivity index (χ1) is 11.5. The van der Waals surface area contributed by atoms with Crippen LogP contribution in [0.15, 0.2) is 24.3 Å². The quantitative estimate of drug-likeness (QED) is 0.837. The zero-order valence-corrected chi connectivity index (χ0v) is 14.6. The maximum Gasteiger partial charge on any atom is 0.251 e. The van der Waals surface area contributed by atoms with Crippen LogP contribution < -0.4 is 5.32 Å². The van der Waals surface area contributed by atoms with Crippen LogP contribution in [0, 0.1) is 5.92 Å². The van der Waals surface area contributed by atoms with Gasteiger partial charge in [-0.3, -0.25) is 9.59 Å². The summed E-state index contributed by atoms with van der Waals surface area (Å²) in [5, 5.41) is 12.6. The van der Waals surface area contributed by atoms with Crippen molar-refractivity contribution in [2.45, 2.75) is 44.6 Å². The molecule has 5 heteroatoms. The van der Waals surface area contributed by atoms with Crippen LogP contribution in [0.4, 0.5) is 0 Å². The van der Waals surface area contributed by atoms with Crippen molar-refractivity contribution in [1.29, 1.82) is 0 Å². The number of carbonyl (C=O) groups excluding carboxylic acids is 2. The number of aryl methyl sites for hydroxylation is 1. The summed E-state index contributed by atoms with van der Waals surface area (Å²) in [6.07, 6.45) is 4.80. The summed E-state index contributed by atoms with van der Waals surface area (Å²) in [5.74, 6) is 0.161. The molecule has 1 aliphatic rings. The molecule has 1 saturated carbocycles.